The van der Waals surface area contributed by atoms with Crippen LogP contribution in [0.25, 0.3) is 0 Å². The summed E-state index contributed by atoms with van der Waals surface area (Å²) >= 11 is 0. The van der Waals surface area contributed by atoms with Crippen LogP contribution in [0.15, 0.2) is 41.2 Å². The largest absolute Gasteiger partial charge is 0.494 e. The number of aromatic amines is 1. The molecule has 0 unspecified atom stereocenters. The molecule has 20 heavy (non-hydrogen) atoms. The quantitative estimate of drug-likeness (QED) is 0.731. The molecule has 3 N–H and O–H groups in total. The van der Waals surface area contributed by atoms with Crippen molar-refractivity contribution in [3.63, 3.8) is 0 Å². The number of benzene rings is 1. The van der Waals surface area contributed by atoms with Crippen LogP contribution >= 0.6 is 0 Å². The highest BCUT2D eigenvalue weighted by Gasteiger charge is 2.17. The maximum absolute atomic E-state index is 11.4. The van der Waals surface area contributed by atoms with Gasteiger partial charge in [-0.25, -0.2) is 0 Å². The number of hydrogen-bond donors (Lipinski definition) is 3. The minimum absolute atomic E-state index is 0.00375. The Kier molecular flexibility index (Phi) is 3.91. The van der Waals surface area contributed by atoms with Gasteiger partial charge in [-0.05, 0) is 17.5 Å². The molecule has 0 saturated carbocycles. The lowest BCUT2D eigenvalue weighted by atomic mass is 10.0. The summed E-state index contributed by atoms with van der Waals surface area (Å²) in [5.41, 5.74) is 0.674. The highest BCUT2D eigenvalue weighted by atomic mass is 32.2. The second-order valence-corrected chi connectivity index (χ2v) is 5.83. The third kappa shape index (κ3) is 3.69. The van der Waals surface area contributed by atoms with Gasteiger partial charge in [0.15, 0.2) is 5.88 Å². The highest BCUT2D eigenvalue weighted by molar-refractivity contribution is 7.85. The molecule has 0 fully saturated rings. The van der Waals surface area contributed by atoms with E-state index in [4.69, 9.17) is 4.55 Å². The zero-order valence-corrected chi connectivity index (χ0v) is 11.2. The van der Waals surface area contributed by atoms with Crippen molar-refractivity contribution < 1.29 is 18.1 Å². The van der Waals surface area contributed by atoms with Gasteiger partial charge in [-0.2, -0.15) is 8.42 Å². The van der Waals surface area contributed by atoms with E-state index < -0.39 is 27.3 Å². The van der Waals surface area contributed by atoms with Crippen LogP contribution in [-0.4, -0.2) is 23.1 Å². The van der Waals surface area contributed by atoms with E-state index in [1.54, 1.807) is 0 Å². The monoisotopic (exact) mass is 295 g/mol. The number of aromatic nitrogens is 1. The summed E-state index contributed by atoms with van der Waals surface area (Å²) in [6.07, 6.45) is 0.281. The number of hydrogen-bond acceptors (Lipinski definition) is 4. The molecule has 0 spiro atoms. The van der Waals surface area contributed by atoms with Crippen LogP contribution in [0.1, 0.15) is 16.7 Å². The average molecular weight is 295 g/mol. The molecule has 2 aromatic rings. The van der Waals surface area contributed by atoms with Crippen molar-refractivity contribution >= 4 is 10.1 Å². The van der Waals surface area contributed by atoms with E-state index in [1.165, 1.54) is 6.07 Å². The fourth-order valence-corrected chi connectivity index (χ4v) is 2.63. The maximum atomic E-state index is 11.4. The van der Waals surface area contributed by atoms with Gasteiger partial charge in [0.05, 0.1) is 0 Å². The first-order valence-electron chi connectivity index (χ1n) is 5.78. The normalized spacial score (nSPS) is 11.4. The molecule has 0 amide bonds. The van der Waals surface area contributed by atoms with Gasteiger partial charge in [-0.1, -0.05) is 30.3 Å². The summed E-state index contributed by atoms with van der Waals surface area (Å²) in [6.45, 7) is 0. The van der Waals surface area contributed by atoms with Crippen molar-refractivity contribution in [2.24, 2.45) is 0 Å². The van der Waals surface area contributed by atoms with Crippen LogP contribution in [-0.2, 0) is 22.3 Å². The smallest absolute Gasteiger partial charge is 0.269 e. The zero-order valence-electron chi connectivity index (χ0n) is 10.4. The first-order valence-corrected chi connectivity index (χ1v) is 7.39. The Balaban J connectivity index is 2.48. The molecular weight excluding hydrogens is 282 g/mol. The Labute approximate surface area is 115 Å². The number of pyridine rings is 1. The lowest BCUT2D eigenvalue weighted by Gasteiger charge is -2.09. The predicted octanol–water partition coefficient (Wildman–Crippen LogP) is 1.06. The van der Waals surface area contributed by atoms with Gasteiger partial charge in [0.25, 0.3) is 15.7 Å². The Bertz CT molecular complexity index is 765. The van der Waals surface area contributed by atoms with E-state index >= 15 is 0 Å². The van der Waals surface area contributed by atoms with Crippen molar-refractivity contribution in [1.29, 1.82) is 0 Å². The fourth-order valence-electron chi connectivity index (χ4n) is 1.94. The first-order chi connectivity index (χ1) is 9.35. The van der Waals surface area contributed by atoms with Crippen molar-refractivity contribution in [3.8, 4) is 5.88 Å². The summed E-state index contributed by atoms with van der Waals surface area (Å²) in [4.78, 5) is 13.5. The summed E-state index contributed by atoms with van der Waals surface area (Å²) in [5.74, 6) is -1.29. The standard InChI is InChI=1S/C13H13NO5S/c15-12-7-10(6-9-4-2-1-3-5-9)11(13(16)14-12)8-20(17,18)19/h1-5,7H,6,8H2,(H2,14,15,16)(H,17,18,19). The highest BCUT2D eigenvalue weighted by Crippen LogP contribution is 2.21. The Morgan fingerprint density at radius 2 is 1.80 bits per heavy atom. The Hall–Kier alpha value is -2.12. The Morgan fingerprint density at radius 1 is 1.15 bits per heavy atom. The van der Waals surface area contributed by atoms with Crippen molar-refractivity contribution in [2.75, 3.05) is 0 Å². The lowest BCUT2D eigenvalue weighted by molar-refractivity contribution is 0.441. The molecule has 106 valence electrons. The van der Waals surface area contributed by atoms with Crippen LogP contribution in [0.5, 0.6) is 5.88 Å². The van der Waals surface area contributed by atoms with Gasteiger partial charge in [0.1, 0.15) is 5.75 Å². The first kappa shape index (κ1) is 14.3. The minimum atomic E-state index is -4.31. The fraction of sp³-hybridized carbons (Fsp3) is 0.154. The van der Waals surface area contributed by atoms with Crippen molar-refractivity contribution in [2.45, 2.75) is 12.2 Å². The van der Waals surface area contributed by atoms with Gasteiger partial charge in [0.2, 0.25) is 0 Å². The third-order valence-corrected chi connectivity index (χ3v) is 3.44. The Morgan fingerprint density at radius 3 is 2.40 bits per heavy atom. The van der Waals surface area contributed by atoms with Crippen molar-refractivity contribution in [1.82, 2.24) is 4.98 Å². The molecule has 0 aliphatic heterocycles. The molecule has 6 nitrogen and oxygen atoms in total. The van der Waals surface area contributed by atoms with Crippen LogP contribution < -0.4 is 5.56 Å². The molecule has 2 rings (SSSR count). The molecule has 0 radical (unpaired) electrons. The maximum Gasteiger partial charge on any atom is 0.269 e. The number of rotatable bonds is 4. The molecule has 0 saturated heterocycles. The van der Waals surface area contributed by atoms with E-state index in [0.717, 1.165) is 5.56 Å². The van der Waals surface area contributed by atoms with E-state index in [-0.39, 0.29) is 12.0 Å². The van der Waals surface area contributed by atoms with Gasteiger partial charge in [-0.3, -0.25) is 14.3 Å². The second kappa shape index (κ2) is 5.48. The molecule has 1 heterocycles. The lowest BCUT2D eigenvalue weighted by Crippen LogP contribution is -2.13. The molecule has 0 atom stereocenters. The number of aromatic hydroxyl groups is 1. The minimum Gasteiger partial charge on any atom is -0.494 e. The van der Waals surface area contributed by atoms with Crippen LogP contribution in [0.4, 0.5) is 0 Å². The average Bonchev–Trinajstić information content (AvgIpc) is 2.34. The summed E-state index contributed by atoms with van der Waals surface area (Å²) in [7, 11) is -4.31. The van der Waals surface area contributed by atoms with Crippen LogP contribution in [0.2, 0.25) is 0 Å². The van der Waals surface area contributed by atoms with Gasteiger partial charge >= 0.3 is 0 Å². The SMILES string of the molecule is O=c1cc(Cc2ccccc2)c(CS(=O)(=O)O)c(O)[nH]1. The van der Waals surface area contributed by atoms with E-state index in [9.17, 15) is 18.3 Å². The molecule has 1 aromatic heterocycles. The van der Waals surface area contributed by atoms with Crippen LogP contribution in [0.3, 0.4) is 0 Å². The topological polar surface area (TPSA) is 107 Å². The van der Waals surface area contributed by atoms with E-state index in [0.29, 0.717) is 5.56 Å². The summed E-state index contributed by atoms with van der Waals surface area (Å²) in [5, 5.41) is 9.68. The molecule has 0 aliphatic carbocycles. The number of H-pyrrole nitrogens is 1. The predicted molar refractivity (Wildman–Crippen MR) is 73.2 cm³/mol. The second-order valence-electron chi connectivity index (χ2n) is 4.37. The van der Waals surface area contributed by atoms with Gasteiger partial charge in [0, 0.05) is 11.6 Å². The van der Waals surface area contributed by atoms with Gasteiger partial charge in [-0.15, -0.1) is 0 Å². The van der Waals surface area contributed by atoms with Crippen molar-refractivity contribution in [3.05, 3.63) is 63.4 Å². The number of nitrogens with one attached hydrogen (secondary N) is 1. The zero-order chi connectivity index (χ0) is 14.8. The molecule has 0 bridgehead atoms. The molecule has 0 aliphatic rings. The molecule has 1 aromatic carbocycles. The van der Waals surface area contributed by atoms with Gasteiger partial charge < -0.3 is 5.11 Å². The third-order valence-electron chi connectivity index (χ3n) is 2.78. The van der Waals surface area contributed by atoms with E-state index in [2.05, 4.69) is 4.98 Å². The van der Waals surface area contributed by atoms with Crippen LogP contribution in [0, 0.1) is 0 Å². The summed E-state index contributed by atoms with van der Waals surface area (Å²) in [6, 6.07) is 10.3. The molecule has 7 heteroatoms. The molecular formula is C13H13NO5S. The summed E-state index contributed by atoms with van der Waals surface area (Å²) < 4.78 is 30.9. The van der Waals surface area contributed by atoms with E-state index in [1.807, 2.05) is 30.3 Å².